The van der Waals surface area contributed by atoms with Crippen LogP contribution in [0.1, 0.15) is 43.8 Å². The van der Waals surface area contributed by atoms with E-state index in [0.29, 0.717) is 17.2 Å². The van der Waals surface area contributed by atoms with Crippen LogP contribution in [0.25, 0.3) is 0 Å². The van der Waals surface area contributed by atoms with Gasteiger partial charge in [-0.15, -0.1) is 0 Å². The van der Waals surface area contributed by atoms with Crippen molar-refractivity contribution in [1.29, 1.82) is 0 Å². The molecular weight excluding hydrogens is 545 g/mol. The number of rotatable bonds is 9. The van der Waals surface area contributed by atoms with Gasteiger partial charge in [-0.05, 0) is 73.2 Å². The fourth-order valence-electron chi connectivity index (χ4n) is 3.37. The maximum atomic E-state index is 12.8. The molecule has 3 aromatic carbocycles. The van der Waals surface area contributed by atoms with Gasteiger partial charge in [0.15, 0.2) is 17.3 Å². The molecule has 1 heterocycles. The van der Waals surface area contributed by atoms with Crippen molar-refractivity contribution in [2.24, 2.45) is 5.10 Å². The van der Waals surface area contributed by atoms with Gasteiger partial charge < -0.3 is 19.2 Å². The van der Waals surface area contributed by atoms with Crippen LogP contribution in [0.2, 0.25) is 10.0 Å². The molecule has 0 saturated carbocycles. The summed E-state index contributed by atoms with van der Waals surface area (Å²) in [4.78, 5) is 37.7. The smallest absolute Gasteiger partial charge is 0.345 e. The Labute approximate surface area is 233 Å². The largest absolute Gasteiger partial charge is 0.490 e. The monoisotopic (exact) mass is 565 g/mol. The second kappa shape index (κ2) is 12.8. The standard InChI is InChI=1S/C28H21Cl2N3O6/c1-2-37-25-14-17(9-12-23(25)39-28(36)19-11-10-18(29)15-21(19)30)16-31-33-26(34)20-6-3-4-7-22(20)32-27(35)24-8-5-13-38-24/h3-16H,2H2,1H3,(H,32,35)(H,33,34)/b31-16-. The van der Waals surface area contributed by atoms with Crippen LogP contribution >= 0.6 is 23.2 Å². The molecule has 9 nitrogen and oxygen atoms in total. The van der Waals surface area contributed by atoms with Crippen molar-refractivity contribution in [3.63, 3.8) is 0 Å². The Balaban J connectivity index is 1.44. The second-order valence-electron chi connectivity index (χ2n) is 7.83. The molecule has 39 heavy (non-hydrogen) atoms. The summed E-state index contributed by atoms with van der Waals surface area (Å²) in [5.74, 6) is -1.14. The Morgan fingerprint density at radius 2 is 1.74 bits per heavy atom. The first kappa shape index (κ1) is 27.4. The van der Waals surface area contributed by atoms with Gasteiger partial charge in [-0.2, -0.15) is 5.10 Å². The van der Waals surface area contributed by atoms with Gasteiger partial charge in [0.25, 0.3) is 11.8 Å². The highest BCUT2D eigenvalue weighted by molar-refractivity contribution is 6.36. The lowest BCUT2D eigenvalue weighted by molar-refractivity contribution is 0.0728. The zero-order valence-electron chi connectivity index (χ0n) is 20.4. The number of halogens is 2. The molecule has 0 spiro atoms. The van der Waals surface area contributed by atoms with Gasteiger partial charge >= 0.3 is 5.97 Å². The van der Waals surface area contributed by atoms with Gasteiger partial charge in [-0.25, -0.2) is 10.2 Å². The van der Waals surface area contributed by atoms with E-state index in [1.54, 1.807) is 49.4 Å². The van der Waals surface area contributed by atoms with Crippen molar-refractivity contribution < 1.29 is 28.3 Å². The number of ether oxygens (including phenoxy) is 2. The molecule has 0 saturated heterocycles. The second-order valence-corrected chi connectivity index (χ2v) is 8.67. The maximum absolute atomic E-state index is 12.8. The molecule has 1 aromatic heterocycles. The lowest BCUT2D eigenvalue weighted by atomic mass is 10.1. The molecule has 4 aromatic rings. The van der Waals surface area contributed by atoms with Crippen LogP contribution < -0.4 is 20.2 Å². The van der Waals surface area contributed by atoms with Crippen LogP contribution in [-0.4, -0.2) is 30.6 Å². The van der Waals surface area contributed by atoms with E-state index in [2.05, 4.69) is 15.8 Å². The first-order valence-electron chi connectivity index (χ1n) is 11.6. The number of carbonyl (C=O) groups excluding carboxylic acids is 3. The molecule has 0 unspecified atom stereocenters. The molecule has 0 aliphatic rings. The molecule has 0 aliphatic heterocycles. The number of carbonyl (C=O) groups is 3. The summed E-state index contributed by atoms with van der Waals surface area (Å²) in [6, 6.07) is 18.8. The average molecular weight is 566 g/mol. The quantitative estimate of drug-likeness (QED) is 0.107. The zero-order valence-corrected chi connectivity index (χ0v) is 22.0. The molecule has 2 N–H and O–H groups in total. The first-order chi connectivity index (χ1) is 18.9. The number of amides is 2. The Kier molecular flexibility index (Phi) is 8.98. The number of nitrogens with zero attached hydrogens (tertiary/aromatic N) is 1. The molecule has 0 fully saturated rings. The van der Waals surface area contributed by atoms with Crippen LogP contribution in [0.5, 0.6) is 11.5 Å². The zero-order chi connectivity index (χ0) is 27.8. The van der Waals surface area contributed by atoms with Crippen LogP contribution in [0, 0.1) is 0 Å². The third-order valence-electron chi connectivity index (χ3n) is 5.17. The lowest BCUT2D eigenvalue weighted by Crippen LogP contribution is -2.21. The molecule has 0 aliphatic carbocycles. The summed E-state index contributed by atoms with van der Waals surface area (Å²) < 4.78 is 16.2. The summed E-state index contributed by atoms with van der Waals surface area (Å²) >= 11 is 12.0. The van der Waals surface area contributed by atoms with Crippen LogP contribution in [-0.2, 0) is 0 Å². The van der Waals surface area contributed by atoms with E-state index >= 15 is 0 Å². The molecule has 2 amide bonds. The minimum atomic E-state index is -0.677. The Bertz CT molecular complexity index is 1540. The number of para-hydroxylation sites is 1. The molecule has 0 bridgehead atoms. The number of furan rings is 1. The number of hydrogen-bond acceptors (Lipinski definition) is 7. The van der Waals surface area contributed by atoms with Crippen molar-refractivity contribution in [1.82, 2.24) is 5.43 Å². The predicted octanol–water partition coefficient (Wildman–Crippen LogP) is 6.22. The molecule has 198 valence electrons. The van der Waals surface area contributed by atoms with Crippen molar-refractivity contribution in [3.8, 4) is 11.5 Å². The van der Waals surface area contributed by atoms with E-state index in [0.717, 1.165) is 0 Å². The van der Waals surface area contributed by atoms with Gasteiger partial charge in [0.05, 0.1) is 40.9 Å². The Hall–Kier alpha value is -4.60. The predicted molar refractivity (Wildman–Crippen MR) is 147 cm³/mol. The van der Waals surface area contributed by atoms with Crippen LogP contribution in [0.4, 0.5) is 5.69 Å². The van der Waals surface area contributed by atoms with Crippen molar-refractivity contribution >= 4 is 52.9 Å². The minimum absolute atomic E-state index is 0.110. The number of anilines is 1. The van der Waals surface area contributed by atoms with E-state index < -0.39 is 17.8 Å². The summed E-state index contributed by atoms with van der Waals surface area (Å²) in [6.45, 7) is 2.09. The third-order valence-corrected chi connectivity index (χ3v) is 5.71. The average Bonchev–Trinajstić information content (AvgIpc) is 3.46. The highest BCUT2D eigenvalue weighted by Crippen LogP contribution is 2.30. The summed E-state index contributed by atoms with van der Waals surface area (Å²) in [6.07, 6.45) is 2.77. The van der Waals surface area contributed by atoms with Gasteiger partial charge in [0.1, 0.15) is 0 Å². The van der Waals surface area contributed by atoms with Gasteiger partial charge in [-0.1, -0.05) is 35.3 Å². The molecular formula is C28H21Cl2N3O6. The van der Waals surface area contributed by atoms with Crippen LogP contribution in [0.15, 0.2) is 88.6 Å². The Morgan fingerprint density at radius 3 is 2.49 bits per heavy atom. The van der Waals surface area contributed by atoms with E-state index in [-0.39, 0.29) is 39.1 Å². The van der Waals surface area contributed by atoms with Gasteiger partial charge in [0, 0.05) is 5.02 Å². The highest BCUT2D eigenvalue weighted by Gasteiger charge is 2.17. The fraction of sp³-hybridized carbons (Fsp3) is 0.0714. The fourth-order valence-corrected chi connectivity index (χ4v) is 3.86. The van der Waals surface area contributed by atoms with E-state index in [1.807, 2.05) is 0 Å². The molecule has 11 heteroatoms. The normalized spacial score (nSPS) is 10.7. The summed E-state index contributed by atoms with van der Waals surface area (Å²) in [5, 5.41) is 7.20. The highest BCUT2D eigenvalue weighted by atomic mass is 35.5. The maximum Gasteiger partial charge on any atom is 0.345 e. The number of benzene rings is 3. The van der Waals surface area contributed by atoms with E-state index in [9.17, 15) is 14.4 Å². The number of nitrogens with one attached hydrogen (secondary N) is 2. The SMILES string of the molecule is CCOc1cc(/C=N\NC(=O)c2ccccc2NC(=O)c2ccco2)ccc1OC(=O)c1ccc(Cl)cc1Cl. The number of hydrazone groups is 1. The molecule has 0 atom stereocenters. The molecule has 4 rings (SSSR count). The number of esters is 1. The lowest BCUT2D eigenvalue weighted by Gasteiger charge is -2.12. The van der Waals surface area contributed by atoms with E-state index in [1.165, 1.54) is 42.8 Å². The molecule has 0 radical (unpaired) electrons. The van der Waals surface area contributed by atoms with Gasteiger partial charge in [-0.3, -0.25) is 9.59 Å². The van der Waals surface area contributed by atoms with Crippen molar-refractivity contribution in [3.05, 3.63) is 112 Å². The number of hydrogen-bond donors (Lipinski definition) is 2. The van der Waals surface area contributed by atoms with Crippen LogP contribution in [0.3, 0.4) is 0 Å². The third kappa shape index (κ3) is 7.04. The van der Waals surface area contributed by atoms with E-state index in [4.69, 9.17) is 37.1 Å². The van der Waals surface area contributed by atoms with Gasteiger partial charge in [0.2, 0.25) is 0 Å². The first-order valence-corrected chi connectivity index (χ1v) is 12.3. The Morgan fingerprint density at radius 1 is 0.923 bits per heavy atom. The minimum Gasteiger partial charge on any atom is -0.490 e. The van der Waals surface area contributed by atoms with Crippen molar-refractivity contribution in [2.45, 2.75) is 6.92 Å². The summed E-state index contributed by atoms with van der Waals surface area (Å²) in [7, 11) is 0. The topological polar surface area (TPSA) is 119 Å². The van der Waals surface area contributed by atoms with Crippen molar-refractivity contribution in [2.75, 3.05) is 11.9 Å². The summed E-state index contributed by atoms with van der Waals surface area (Å²) in [5.41, 5.74) is 3.63.